The van der Waals surface area contributed by atoms with Gasteiger partial charge in [0.05, 0.1) is 9.80 Å². The monoisotopic (exact) mass is 251 g/mol. The van der Waals surface area contributed by atoms with E-state index in [4.69, 9.17) is 0 Å². The summed E-state index contributed by atoms with van der Waals surface area (Å²) in [5.74, 6) is -0.130. The highest BCUT2D eigenvalue weighted by molar-refractivity contribution is 7.95. The van der Waals surface area contributed by atoms with Crippen molar-refractivity contribution in [1.82, 2.24) is 5.32 Å². The van der Waals surface area contributed by atoms with Crippen molar-refractivity contribution < 1.29 is 13.2 Å². The number of allylic oxidation sites excluding steroid dienone is 2. The fourth-order valence-corrected chi connectivity index (χ4v) is 3.46. The quantitative estimate of drug-likeness (QED) is 0.868. The van der Waals surface area contributed by atoms with Gasteiger partial charge in [-0.05, 0) is 25.5 Å². The van der Waals surface area contributed by atoms with Gasteiger partial charge in [-0.1, -0.05) is 18.2 Å². The van der Waals surface area contributed by atoms with Crippen LogP contribution in [0.15, 0.2) is 45.8 Å². The average molecular weight is 251 g/mol. The average Bonchev–Trinajstić information content (AvgIpc) is 2.29. The number of sulfone groups is 1. The van der Waals surface area contributed by atoms with Crippen LogP contribution in [0.1, 0.15) is 19.8 Å². The van der Waals surface area contributed by atoms with Gasteiger partial charge < -0.3 is 5.32 Å². The second-order valence-electron chi connectivity index (χ2n) is 3.91. The highest BCUT2D eigenvalue weighted by atomic mass is 32.2. The molecule has 0 fully saturated rings. The molecule has 1 heterocycles. The molecule has 0 spiro atoms. The number of amides is 1. The Morgan fingerprint density at radius 3 is 2.35 bits per heavy atom. The number of benzene rings is 1. The summed E-state index contributed by atoms with van der Waals surface area (Å²) in [6, 6.07) is 8.26. The van der Waals surface area contributed by atoms with Gasteiger partial charge >= 0.3 is 0 Å². The summed E-state index contributed by atoms with van der Waals surface area (Å²) < 4.78 is 24.6. The highest BCUT2D eigenvalue weighted by Crippen LogP contribution is 2.27. The Bertz CT molecular complexity index is 573. The Morgan fingerprint density at radius 2 is 1.76 bits per heavy atom. The summed E-state index contributed by atoms with van der Waals surface area (Å²) in [6.07, 6.45) is 0.494. The molecule has 1 aromatic carbocycles. The van der Waals surface area contributed by atoms with Crippen molar-refractivity contribution in [2.24, 2.45) is 0 Å². The lowest BCUT2D eigenvalue weighted by Crippen LogP contribution is -2.29. The van der Waals surface area contributed by atoms with Gasteiger partial charge in [0.15, 0.2) is 0 Å². The third-order valence-electron chi connectivity index (χ3n) is 2.70. The van der Waals surface area contributed by atoms with Crippen LogP contribution < -0.4 is 5.32 Å². The standard InChI is InChI=1S/C12H13NO3S/c1-9-11(7-8-12(14)13-9)17(15,16)10-5-3-2-4-6-10/h2-6H,7-8H2,1H3,(H,13,14). The predicted molar refractivity (Wildman–Crippen MR) is 63.7 cm³/mol. The van der Waals surface area contributed by atoms with Crippen LogP contribution >= 0.6 is 0 Å². The van der Waals surface area contributed by atoms with Crippen molar-refractivity contribution >= 4 is 15.7 Å². The van der Waals surface area contributed by atoms with E-state index in [1.54, 1.807) is 37.3 Å². The maximum atomic E-state index is 12.3. The van der Waals surface area contributed by atoms with E-state index in [0.717, 1.165) is 0 Å². The molecule has 1 aliphatic heterocycles. The highest BCUT2D eigenvalue weighted by Gasteiger charge is 2.26. The first-order valence-corrected chi connectivity index (χ1v) is 6.80. The van der Waals surface area contributed by atoms with Crippen molar-refractivity contribution in [2.45, 2.75) is 24.7 Å². The van der Waals surface area contributed by atoms with Crippen LogP contribution in [-0.4, -0.2) is 14.3 Å². The minimum atomic E-state index is -3.47. The molecule has 90 valence electrons. The van der Waals surface area contributed by atoms with Gasteiger partial charge in [-0.2, -0.15) is 0 Å². The minimum Gasteiger partial charge on any atom is -0.329 e. The SMILES string of the molecule is CC1=C(S(=O)(=O)c2ccccc2)CCC(=O)N1. The van der Waals surface area contributed by atoms with E-state index in [1.165, 1.54) is 0 Å². The molecule has 5 heteroatoms. The molecule has 2 rings (SSSR count). The fourth-order valence-electron chi connectivity index (χ4n) is 1.83. The van der Waals surface area contributed by atoms with E-state index in [-0.39, 0.29) is 23.6 Å². The van der Waals surface area contributed by atoms with Crippen molar-refractivity contribution in [3.8, 4) is 0 Å². The number of carbonyl (C=O) groups excluding carboxylic acids is 1. The van der Waals surface area contributed by atoms with Gasteiger partial charge in [-0.25, -0.2) is 8.42 Å². The molecule has 1 aliphatic rings. The molecule has 0 atom stereocenters. The molecular formula is C12H13NO3S. The van der Waals surface area contributed by atoms with Gasteiger partial charge in [0.25, 0.3) is 0 Å². The second kappa shape index (κ2) is 4.33. The summed E-state index contributed by atoms with van der Waals surface area (Å²) in [5.41, 5.74) is 0.435. The minimum absolute atomic E-state index is 0.130. The molecule has 1 amide bonds. The van der Waals surface area contributed by atoms with Crippen LogP contribution in [0, 0.1) is 0 Å². The smallest absolute Gasteiger partial charge is 0.224 e. The topological polar surface area (TPSA) is 63.2 Å². The zero-order valence-electron chi connectivity index (χ0n) is 9.43. The second-order valence-corrected chi connectivity index (χ2v) is 5.88. The van der Waals surface area contributed by atoms with Gasteiger partial charge in [0.2, 0.25) is 15.7 Å². The van der Waals surface area contributed by atoms with Crippen molar-refractivity contribution in [1.29, 1.82) is 0 Å². The summed E-state index contributed by atoms with van der Waals surface area (Å²) >= 11 is 0. The lowest BCUT2D eigenvalue weighted by Gasteiger charge is -2.18. The maximum Gasteiger partial charge on any atom is 0.224 e. The molecular weight excluding hydrogens is 238 g/mol. The molecule has 4 nitrogen and oxygen atoms in total. The van der Waals surface area contributed by atoms with Crippen molar-refractivity contribution in [3.05, 3.63) is 40.9 Å². The first kappa shape index (κ1) is 11.9. The van der Waals surface area contributed by atoms with Crippen LogP contribution in [-0.2, 0) is 14.6 Å². The Balaban J connectivity index is 2.48. The Morgan fingerprint density at radius 1 is 1.12 bits per heavy atom. The largest absolute Gasteiger partial charge is 0.329 e. The number of hydrogen-bond donors (Lipinski definition) is 1. The Labute approximate surface area is 100 Å². The third-order valence-corrected chi connectivity index (χ3v) is 4.75. The molecule has 0 bridgehead atoms. The third kappa shape index (κ3) is 2.24. The van der Waals surface area contributed by atoms with Crippen molar-refractivity contribution in [2.75, 3.05) is 0 Å². The van der Waals surface area contributed by atoms with E-state index in [2.05, 4.69) is 5.32 Å². The summed E-state index contributed by atoms with van der Waals surface area (Å²) in [7, 11) is -3.47. The summed E-state index contributed by atoms with van der Waals surface area (Å²) in [4.78, 5) is 11.7. The molecule has 17 heavy (non-hydrogen) atoms. The zero-order chi connectivity index (χ0) is 12.5. The molecule has 0 saturated heterocycles. The van der Waals surface area contributed by atoms with E-state index in [0.29, 0.717) is 10.6 Å². The fraction of sp³-hybridized carbons (Fsp3) is 0.250. The number of rotatable bonds is 2. The molecule has 0 saturated carbocycles. The number of hydrogen-bond acceptors (Lipinski definition) is 3. The molecule has 1 N–H and O–H groups in total. The van der Waals surface area contributed by atoms with Crippen LogP contribution in [0.2, 0.25) is 0 Å². The van der Waals surface area contributed by atoms with Crippen LogP contribution in [0.3, 0.4) is 0 Å². The molecule has 0 radical (unpaired) electrons. The summed E-state index contributed by atoms with van der Waals surface area (Å²) in [6.45, 7) is 1.62. The van der Waals surface area contributed by atoms with Gasteiger partial charge in [0, 0.05) is 12.1 Å². The number of nitrogens with one attached hydrogen (secondary N) is 1. The van der Waals surface area contributed by atoms with Crippen LogP contribution in [0.25, 0.3) is 0 Å². The van der Waals surface area contributed by atoms with E-state index in [9.17, 15) is 13.2 Å². The summed E-state index contributed by atoms with van der Waals surface area (Å²) in [5, 5.41) is 2.57. The van der Waals surface area contributed by atoms with Gasteiger partial charge in [-0.15, -0.1) is 0 Å². The molecule has 1 aromatic rings. The normalized spacial score (nSPS) is 16.9. The molecule has 0 aromatic heterocycles. The van der Waals surface area contributed by atoms with E-state index < -0.39 is 9.84 Å². The Kier molecular flexibility index (Phi) is 3.02. The predicted octanol–water partition coefficient (Wildman–Crippen LogP) is 1.60. The van der Waals surface area contributed by atoms with Crippen molar-refractivity contribution in [3.63, 3.8) is 0 Å². The van der Waals surface area contributed by atoms with E-state index >= 15 is 0 Å². The zero-order valence-corrected chi connectivity index (χ0v) is 10.3. The first-order valence-electron chi connectivity index (χ1n) is 5.31. The maximum absolute atomic E-state index is 12.3. The van der Waals surface area contributed by atoms with E-state index in [1.807, 2.05) is 0 Å². The molecule has 0 unspecified atom stereocenters. The number of carbonyl (C=O) groups is 1. The van der Waals surface area contributed by atoms with Gasteiger partial charge in [0.1, 0.15) is 0 Å². The lowest BCUT2D eigenvalue weighted by molar-refractivity contribution is -0.120. The molecule has 0 aliphatic carbocycles. The first-order chi connectivity index (χ1) is 8.01. The van der Waals surface area contributed by atoms with Crippen LogP contribution in [0.5, 0.6) is 0 Å². The van der Waals surface area contributed by atoms with Crippen LogP contribution in [0.4, 0.5) is 0 Å². The Hall–Kier alpha value is -1.62. The lowest BCUT2D eigenvalue weighted by atomic mass is 10.2. The van der Waals surface area contributed by atoms with Gasteiger partial charge in [-0.3, -0.25) is 4.79 Å².